The summed E-state index contributed by atoms with van der Waals surface area (Å²) in [6.07, 6.45) is 1.32. The average Bonchev–Trinajstić information content (AvgIpc) is 3.22. The minimum absolute atomic E-state index is 0.174. The molecule has 0 amide bonds. The molecule has 1 saturated carbocycles. The van der Waals surface area contributed by atoms with Crippen LogP contribution in [0.25, 0.3) is 0 Å². The Morgan fingerprint density at radius 1 is 0.860 bits per heavy atom. The molecule has 0 aromatic rings. The van der Waals surface area contributed by atoms with Gasteiger partial charge in [0.05, 0.1) is 11.3 Å². The summed E-state index contributed by atoms with van der Waals surface area (Å²) in [7, 11) is 0. The predicted molar refractivity (Wildman–Crippen MR) is 175 cm³/mol. The number of unbranched alkanes of at least 4 members (excludes halogenated alkanes) is 4. The van der Waals surface area contributed by atoms with Crippen LogP contribution in [-0.4, -0.2) is 94.4 Å². The summed E-state index contributed by atoms with van der Waals surface area (Å²) < 4.78 is 34.2. The number of aliphatic hydroxyl groups is 2. The van der Waals surface area contributed by atoms with Crippen molar-refractivity contribution >= 4 is 35.8 Å². The number of ether oxygens (including phenoxy) is 6. The van der Waals surface area contributed by atoms with Crippen LogP contribution >= 0.6 is 0 Å². The highest BCUT2D eigenvalue weighted by Gasteiger charge is 2.72. The highest BCUT2D eigenvalue weighted by molar-refractivity contribution is 5.78. The van der Waals surface area contributed by atoms with Gasteiger partial charge >= 0.3 is 35.8 Å². The van der Waals surface area contributed by atoms with E-state index in [0.717, 1.165) is 53.4 Å². The molecule has 0 radical (unpaired) electrons. The van der Waals surface area contributed by atoms with Crippen molar-refractivity contribution in [3.63, 3.8) is 0 Å². The summed E-state index contributed by atoms with van der Waals surface area (Å²) in [6, 6.07) is 0. The number of hydrogen-bond donors (Lipinski definition) is 2. The lowest BCUT2D eigenvalue weighted by atomic mass is 9.51. The fourth-order valence-electron chi connectivity index (χ4n) is 7.61. The molecule has 2 aliphatic carbocycles. The van der Waals surface area contributed by atoms with Crippen LogP contribution in [0.15, 0.2) is 23.8 Å². The van der Waals surface area contributed by atoms with E-state index in [2.05, 4.69) is 6.92 Å². The number of fused-ring (bicyclic) bond motifs is 2. The molecule has 0 unspecified atom stereocenters. The van der Waals surface area contributed by atoms with Gasteiger partial charge in [0.2, 0.25) is 0 Å². The van der Waals surface area contributed by atoms with Crippen molar-refractivity contribution in [2.45, 2.75) is 142 Å². The van der Waals surface area contributed by atoms with Crippen molar-refractivity contribution in [2.75, 3.05) is 6.61 Å². The third-order valence-corrected chi connectivity index (χ3v) is 10.1. The second-order valence-electron chi connectivity index (χ2n) is 14.0. The topological polar surface area (TPSA) is 198 Å². The Labute approximate surface area is 292 Å². The fourth-order valence-corrected chi connectivity index (χ4v) is 7.61. The third kappa shape index (κ3) is 8.74. The zero-order valence-corrected chi connectivity index (χ0v) is 30.2. The summed E-state index contributed by atoms with van der Waals surface area (Å²) in [4.78, 5) is 76.3. The minimum atomic E-state index is -2.42. The normalized spacial score (nSPS) is 36.6. The van der Waals surface area contributed by atoms with Gasteiger partial charge in [-0.2, -0.15) is 0 Å². The van der Waals surface area contributed by atoms with E-state index < -0.39 is 94.8 Å². The van der Waals surface area contributed by atoms with E-state index in [1.807, 2.05) is 0 Å². The molecule has 0 aromatic carbocycles. The molecule has 1 aliphatic heterocycles. The smallest absolute Gasteiger partial charge is 0.312 e. The molecule has 0 aromatic heterocycles. The van der Waals surface area contributed by atoms with E-state index in [9.17, 15) is 39.0 Å². The van der Waals surface area contributed by atoms with Gasteiger partial charge in [-0.25, -0.2) is 0 Å². The first-order chi connectivity index (χ1) is 23.3. The lowest BCUT2D eigenvalue weighted by Gasteiger charge is -2.60. The van der Waals surface area contributed by atoms with Crippen LogP contribution in [0.2, 0.25) is 0 Å². The summed E-state index contributed by atoms with van der Waals surface area (Å²) >= 11 is 0. The molecule has 0 bridgehead atoms. The highest BCUT2D eigenvalue weighted by atomic mass is 16.6. The molecule has 10 atom stereocenters. The standard InChI is InChI=1S/C36H52O14/c1-9-10-11-12-13-14-30(41)45-19-25-15-16-26(46-21(3)37)34(7)27(47-22(4)38)18-28(48-23(5)39)35(8,43)31(34)32(49-24(6)40)36(44)20(2)33(42)50-29(36)17-25/h15-17,20,26-29,31-32,43-44H,9-14,18-19H2,1-8H3/b16-15-,25-17+/t20-,26-,27-,28+,29-,31+,32-,34-,35+,36-/m0/s1. The molecule has 3 rings (SSSR count). The molecule has 2 fully saturated rings. The highest BCUT2D eigenvalue weighted by Crippen LogP contribution is 2.58. The Morgan fingerprint density at radius 2 is 1.44 bits per heavy atom. The van der Waals surface area contributed by atoms with Gasteiger partial charge in [0.25, 0.3) is 0 Å². The molecule has 14 nitrogen and oxygen atoms in total. The van der Waals surface area contributed by atoms with Crippen molar-refractivity contribution in [1.82, 2.24) is 0 Å². The number of carbonyl (C=O) groups excluding carboxylic acids is 6. The lowest BCUT2D eigenvalue weighted by Crippen LogP contribution is -2.74. The number of esters is 6. The van der Waals surface area contributed by atoms with Crippen LogP contribution in [0.1, 0.15) is 100 Å². The summed E-state index contributed by atoms with van der Waals surface area (Å²) in [6.45, 7) is 10.4. The van der Waals surface area contributed by atoms with Crippen molar-refractivity contribution < 1.29 is 67.4 Å². The first-order valence-corrected chi connectivity index (χ1v) is 17.2. The molecule has 3 aliphatic rings. The fraction of sp³-hybridized carbons (Fsp3) is 0.722. The summed E-state index contributed by atoms with van der Waals surface area (Å²) in [5, 5.41) is 25.1. The van der Waals surface area contributed by atoms with Gasteiger partial charge in [0.1, 0.15) is 36.6 Å². The Morgan fingerprint density at radius 3 is 2.02 bits per heavy atom. The Hall–Kier alpha value is -3.78. The van der Waals surface area contributed by atoms with Gasteiger partial charge in [0.15, 0.2) is 11.7 Å². The first kappa shape index (κ1) is 40.6. The molecular weight excluding hydrogens is 656 g/mol. The second-order valence-corrected chi connectivity index (χ2v) is 14.0. The Balaban J connectivity index is 2.30. The van der Waals surface area contributed by atoms with Crippen LogP contribution in [-0.2, 0) is 57.2 Å². The van der Waals surface area contributed by atoms with Gasteiger partial charge in [-0.05, 0) is 38.0 Å². The number of carbonyl (C=O) groups is 6. The average molecular weight is 709 g/mol. The van der Waals surface area contributed by atoms with Gasteiger partial charge in [-0.15, -0.1) is 0 Å². The maximum absolute atomic E-state index is 13.2. The van der Waals surface area contributed by atoms with E-state index in [1.165, 1.54) is 39.0 Å². The molecule has 2 N–H and O–H groups in total. The molecule has 1 heterocycles. The maximum atomic E-state index is 13.2. The van der Waals surface area contributed by atoms with Crippen LogP contribution < -0.4 is 0 Å². The van der Waals surface area contributed by atoms with Crippen molar-refractivity contribution in [3.8, 4) is 0 Å². The summed E-state index contributed by atoms with van der Waals surface area (Å²) in [5.74, 6) is -7.52. The van der Waals surface area contributed by atoms with E-state index >= 15 is 0 Å². The molecular formula is C36H52O14. The quantitative estimate of drug-likeness (QED) is 0.170. The molecule has 14 heteroatoms. The largest absolute Gasteiger partial charge is 0.462 e. The molecule has 280 valence electrons. The van der Waals surface area contributed by atoms with Crippen LogP contribution in [0.4, 0.5) is 0 Å². The zero-order chi connectivity index (χ0) is 37.6. The predicted octanol–water partition coefficient (Wildman–Crippen LogP) is 3.18. The van der Waals surface area contributed by atoms with Crippen LogP contribution in [0.3, 0.4) is 0 Å². The zero-order valence-electron chi connectivity index (χ0n) is 30.2. The SMILES string of the molecule is CCCCCCCC(=O)OCC1=C/[C@@H]2OC(=O)[C@H](C)[C@@]2(O)[C@@H](OC(C)=O)[C@H]2[C@](C)(O)[C@H](OC(C)=O)C[C@H](OC(C)=O)[C@]2(C)[C@@H](OC(C)=O)/C=C\1. The second kappa shape index (κ2) is 16.5. The van der Waals surface area contributed by atoms with Gasteiger partial charge < -0.3 is 38.6 Å². The molecule has 0 spiro atoms. The van der Waals surface area contributed by atoms with Crippen LogP contribution in [0, 0.1) is 17.3 Å². The van der Waals surface area contributed by atoms with E-state index in [-0.39, 0.29) is 25.0 Å². The van der Waals surface area contributed by atoms with E-state index in [1.54, 1.807) is 0 Å². The van der Waals surface area contributed by atoms with Crippen molar-refractivity contribution in [2.24, 2.45) is 17.3 Å². The van der Waals surface area contributed by atoms with Crippen LogP contribution in [0.5, 0.6) is 0 Å². The number of rotatable bonds is 12. The minimum Gasteiger partial charge on any atom is -0.462 e. The van der Waals surface area contributed by atoms with E-state index in [4.69, 9.17) is 28.4 Å². The maximum Gasteiger partial charge on any atom is 0.312 e. The summed E-state index contributed by atoms with van der Waals surface area (Å²) in [5.41, 5.74) is -6.12. The van der Waals surface area contributed by atoms with Crippen molar-refractivity contribution in [3.05, 3.63) is 23.8 Å². The Kier molecular flexibility index (Phi) is 13.4. The van der Waals surface area contributed by atoms with Gasteiger partial charge in [0, 0.05) is 46.5 Å². The molecule has 50 heavy (non-hydrogen) atoms. The van der Waals surface area contributed by atoms with Gasteiger partial charge in [-0.1, -0.05) is 45.6 Å². The van der Waals surface area contributed by atoms with Gasteiger partial charge in [-0.3, -0.25) is 28.8 Å². The first-order valence-electron chi connectivity index (χ1n) is 17.2. The molecule has 1 saturated heterocycles. The third-order valence-electron chi connectivity index (χ3n) is 10.1. The lowest BCUT2D eigenvalue weighted by molar-refractivity contribution is -0.286. The monoisotopic (exact) mass is 708 g/mol. The van der Waals surface area contributed by atoms with E-state index in [0.29, 0.717) is 6.42 Å². The Bertz CT molecular complexity index is 1370. The number of hydrogen-bond acceptors (Lipinski definition) is 14. The van der Waals surface area contributed by atoms with Crippen molar-refractivity contribution in [1.29, 1.82) is 0 Å².